The van der Waals surface area contributed by atoms with Crippen LogP contribution in [0, 0.1) is 6.42 Å². The van der Waals surface area contributed by atoms with Gasteiger partial charge in [-0.3, -0.25) is 4.79 Å². The summed E-state index contributed by atoms with van der Waals surface area (Å²) >= 11 is 0. The standard InChI is InChI=1S/C9H16NO/c1-2-6-9(11)10-7-4-3-5-8-10/h6H,2-5,7-8H2,1H3. The molecule has 63 valence electrons. The Kier molecular flexibility index (Phi) is 3.40. The Morgan fingerprint density at radius 1 is 1.36 bits per heavy atom. The van der Waals surface area contributed by atoms with Crippen molar-refractivity contribution in [1.29, 1.82) is 0 Å². The first kappa shape index (κ1) is 8.57. The average molecular weight is 154 g/mol. The first-order valence-electron chi connectivity index (χ1n) is 4.46. The quantitative estimate of drug-likeness (QED) is 0.591. The highest BCUT2D eigenvalue weighted by atomic mass is 16.2. The zero-order chi connectivity index (χ0) is 8.10. The number of piperidine rings is 1. The molecule has 1 saturated heterocycles. The van der Waals surface area contributed by atoms with Crippen LogP contribution in [0.4, 0.5) is 0 Å². The number of amides is 1. The second kappa shape index (κ2) is 4.37. The fraction of sp³-hybridized carbons (Fsp3) is 0.778. The molecule has 0 N–H and O–H groups in total. The molecule has 0 aliphatic carbocycles. The second-order valence-electron chi connectivity index (χ2n) is 3.00. The van der Waals surface area contributed by atoms with Gasteiger partial charge in [0.05, 0.1) is 0 Å². The summed E-state index contributed by atoms with van der Waals surface area (Å²) in [5.74, 6) is 0.229. The zero-order valence-electron chi connectivity index (χ0n) is 7.18. The van der Waals surface area contributed by atoms with E-state index in [9.17, 15) is 4.79 Å². The molecule has 1 aliphatic heterocycles. The largest absolute Gasteiger partial charge is 0.342 e. The lowest BCUT2D eigenvalue weighted by Gasteiger charge is -2.26. The number of hydrogen-bond donors (Lipinski definition) is 0. The van der Waals surface area contributed by atoms with Crippen molar-refractivity contribution >= 4 is 5.91 Å². The monoisotopic (exact) mass is 154 g/mol. The fourth-order valence-corrected chi connectivity index (χ4v) is 1.42. The number of rotatable bonds is 2. The van der Waals surface area contributed by atoms with Gasteiger partial charge in [0.1, 0.15) is 0 Å². The number of hydrogen-bond acceptors (Lipinski definition) is 1. The summed E-state index contributed by atoms with van der Waals surface area (Å²) < 4.78 is 0. The molecule has 2 nitrogen and oxygen atoms in total. The molecule has 11 heavy (non-hydrogen) atoms. The predicted molar refractivity (Wildman–Crippen MR) is 45.0 cm³/mol. The lowest BCUT2D eigenvalue weighted by molar-refractivity contribution is -0.128. The number of nitrogens with zero attached hydrogens (tertiary/aromatic N) is 1. The molecular formula is C9H16NO. The summed E-state index contributed by atoms with van der Waals surface area (Å²) in [5.41, 5.74) is 0. The molecule has 1 fully saturated rings. The summed E-state index contributed by atoms with van der Waals surface area (Å²) in [7, 11) is 0. The van der Waals surface area contributed by atoms with E-state index in [1.54, 1.807) is 6.42 Å². The van der Waals surface area contributed by atoms with Crippen LogP contribution in [-0.4, -0.2) is 23.9 Å². The van der Waals surface area contributed by atoms with Crippen LogP contribution in [0.25, 0.3) is 0 Å². The first-order chi connectivity index (χ1) is 5.34. The molecule has 0 aromatic rings. The van der Waals surface area contributed by atoms with Crippen molar-refractivity contribution in [1.82, 2.24) is 4.90 Å². The maximum absolute atomic E-state index is 11.3. The lowest BCUT2D eigenvalue weighted by atomic mass is 10.1. The van der Waals surface area contributed by atoms with Gasteiger partial charge in [-0.05, 0) is 25.7 Å². The fourth-order valence-electron chi connectivity index (χ4n) is 1.42. The van der Waals surface area contributed by atoms with E-state index in [4.69, 9.17) is 0 Å². The first-order valence-corrected chi connectivity index (χ1v) is 4.46. The molecule has 1 aliphatic rings. The van der Waals surface area contributed by atoms with E-state index in [1.807, 2.05) is 11.8 Å². The summed E-state index contributed by atoms with van der Waals surface area (Å²) in [6, 6.07) is 0. The summed E-state index contributed by atoms with van der Waals surface area (Å²) in [5, 5.41) is 0. The Morgan fingerprint density at radius 2 is 2.00 bits per heavy atom. The molecule has 0 unspecified atom stereocenters. The van der Waals surface area contributed by atoms with E-state index in [2.05, 4.69) is 0 Å². The highest BCUT2D eigenvalue weighted by Crippen LogP contribution is 2.09. The topological polar surface area (TPSA) is 20.3 Å². The van der Waals surface area contributed by atoms with Crippen LogP contribution in [0.5, 0.6) is 0 Å². The Balaban J connectivity index is 2.27. The Labute approximate surface area is 68.6 Å². The molecule has 1 amide bonds. The third-order valence-corrected chi connectivity index (χ3v) is 2.05. The van der Waals surface area contributed by atoms with Gasteiger partial charge in [0.25, 0.3) is 0 Å². The van der Waals surface area contributed by atoms with Gasteiger partial charge in [0, 0.05) is 19.5 Å². The third kappa shape index (κ3) is 2.52. The summed E-state index contributed by atoms with van der Waals surface area (Å²) in [6.07, 6.45) is 6.28. The van der Waals surface area contributed by atoms with Gasteiger partial charge < -0.3 is 4.90 Å². The van der Waals surface area contributed by atoms with Gasteiger partial charge in [-0.1, -0.05) is 6.92 Å². The maximum atomic E-state index is 11.3. The molecule has 1 heterocycles. The summed E-state index contributed by atoms with van der Waals surface area (Å²) in [6.45, 7) is 3.94. The molecule has 0 aromatic carbocycles. The number of carbonyl (C=O) groups is 1. The van der Waals surface area contributed by atoms with Crippen molar-refractivity contribution in [3.63, 3.8) is 0 Å². The third-order valence-electron chi connectivity index (χ3n) is 2.05. The Bertz CT molecular complexity index is 128. The zero-order valence-corrected chi connectivity index (χ0v) is 7.18. The molecule has 0 spiro atoms. The van der Waals surface area contributed by atoms with Crippen LogP contribution in [0.3, 0.4) is 0 Å². The van der Waals surface area contributed by atoms with Crippen molar-refractivity contribution in [2.75, 3.05) is 13.1 Å². The van der Waals surface area contributed by atoms with E-state index in [0.29, 0.717) is 0 Å². The minimum Gasteiger partial charge on any atom is -0.342 e. The minimum atomic E-state index is 0.229. The van der Waals surface area contributed by atoms with Crippen molar-refractivity contribution in [3.8, 4) is 0 Å². The van der Waals surface area contributed by atoms with E-state index in [1.165, 1.54) is 19.3 Å². The molecule has 1 radical (unpaired) electrons. The SMILES string of the molecule is CC[CH]C(=O)N1CCCCC1. The maximum Gasteiger partial charge on any atom is 0.226 e. The normalized spacial score (nSPS) is 18.5. The van der Waals surface area contributed by atoms with Gasteiger partial charge in [0.15, 0.2) is 0 Å². The highest BCUT2D eigenvalue weighted by molar-refractivity contribution is 5.84. The molecule has 1 rings (SSSR count). The molecule has 0 atom stereocenters. The van der Waals surface area contributed by atoms with Gasteiger partial charge in [-0.15, -0.1) is 0 Å². The molecule has 0 saturated carbocycles. The van der Waals surface area contributed by atoms with Gasteiger partial charge >= 0.3 is 0 Å². The Morgan fingerprint density at radius 3 is 2.55 bits per heavy atom. The average Bonchev–Trinajstić information content (AvgIpc) is 2.07. The Hall–Kier alpha value is -0.530. The molecular weight excluding hydrogens is 138 g/mol. The van der Waals surface area contributed by atoms with E-state index >= 15 is 0 Å². The van der Waals surface area contributed by atoms with E-state index in [0.717, 1.165) is 19.5 Å². The highest BCUT2D eigenvalue weighted by Gasteiger charge is 2.14. The van der Waals surface area contributed by atoms with Crippen LogP contribution in [-0.2, 0) is 4.79 Å². The predicted octanol–water partition coefficient (Wildman–Crippen LogP) is 1.61. The smallest absolute Gasteiger partial charge is 0.226 e. The lowest BCUT2D eigenvalue weighted by Crippen LogP contribution is -2.35. The van der Waals surface area contributed by atoms with Crippen LogP contribution < -0.4 is 0 Å². The van der Waals surface area contributed by atoms with Crippen LogP contribution in [0.1, 0.15) is 32.6 Å². The molecule has 0 bridgehead atoms. The van der Waals surface area contributed by atoms with Crippen LogP contribution >= 0.6 is 0 Å². The number of carbonyl (C=O) groups excluding carboxylic acids is 1. The summed E-state index contributed by atoms with van der Waals surface area (Å²) in [4.78, 5) is 13.2. The van der Waals surface area contributed by atoms with Crippen LogP contribution in [0.2, 0.25) is 0 Å². The van der Waals surface area contributed by atoms with Crippen molar-refractivity contribution in [3.05, 3.63) is 6.42 Å². The van der Waals surface area contributed by atoms with Gasteiger partial charge in [-0.2, -0.15) is 0 Å². The van der Waals surface area contributed by atoms with E-state index < -0.39 is 0 Å². The minimum absolute atomic E-state index is 0.229. The molecule has 2 heteroatoms. The van der Waals surface area contributed by atoms with Crippen LogP contribution in [0.15, 0.2) is 0 Å². The van der Waals surface area contributed by atoms with E-state index in [-0.39, 0.29) is 5.91 Å². The number of likely N-dealkylation sites (tertiary alicyclic amines) is 1. The van der Waals surface area contributed by atoms with Gasteiger partial charge in [-0.25, -0.2) is 0 Å². The van der Waals surface area contributed by atoms with Crippen molar-refractivity contribution in [2.24, 2.45) is 0 Å². The molecule has 0 aromatic heterocycles. The van der Waals surface area contributed by atoms with Crippen molar-refractivity contribution < 1.29 is 4.79 Å². The van der Waals surface area contributed by atoms with Crippen molar-refractivity contribution in [2.45, 2.75) is 32.6 Å². The van der Waals surface area contributed by atoms with Gasteiger partial charge in [0.2, 0.25) is 5.91 Å². The second-order valence-corrected chi connectivity index (χ2v) is 3.00.